The molecule has 0 heterocycles. The summed E-state index contributed by atoms with van der Waals surface area (Å²) in [6, 6.07) is 8.53. The van der Waals surface area contributed by atoms with Gasteiger partial charge in [-0.3, -0.25) is 4.79 Å². The smallest absolute Gasteiger partial charge is 0.237 e. The predicted molar refractivity (Wildman–Crippen MR) is 69.0 cm³/mol. The van der Waals surface area contributed by atoms with Crippen molar-refractivity contribution in [2.75, 3.05) is 20.3 Å². The van der Waals surface area contributed by atoms with E-state index in [0.29, 0.717) is 6.42 Å². The molecule has 1 amide bonds. The SMILES string of the molecule is COCC(CO)NC(=O)[C@H](N)Cc1ccccc1. The molecular formula is C13H20N2O3. The fourth-order valence-electron chi connectivity index (χ4n) is 1.61. The van der Waals surface area contributed by atoms with Gasteiger partial charge in [0, 0.05) is 7.11 Å². The Morgan fingerprint density at radius 1 is 1.44 bits per heavy atom. The van der Waals surface area contributed by atoms with E-state index in [4.69, 9.17) is 15.6 Å². The highest BCUT2D eigenvalue weighted by molar-refractivity contribution is 5.82. The zero-order valence-electron chi connectivity index (χ0n) is 10.5. The van der Waals surface area contributed by atoms with Crippen LogP contribution in [0.5, 0.6) is 0 Å². The van der Waals surface area contributed by atoms with Crippen molar-refractivity contribution in [1.29, 1.82) is 0 Å². The minimum atomic E-state index is -0.627. The lowest BCUT2D eigenvalue weighted by atomic mass is 10.1. The van der Waals surface area contributed by atoms with Gasteiger partial charge in [-0.2, -0.15) is 0 Å². The Morgan fingerprint density at radius 2 is 2.11 bits per heavy atom. The highest BCUT2D eigenvalue weighted by Gasteiger charge is 2.17. The van der Waals surface area contributed by atoms with Crippen LogP contribution in [0.25, 0.3) is 0 Å². The van der Waals surface area contributed by atoms with Gasteiger partial charge in [0.25, 0.3) is 0 Å². The molecule has 5 heteroatoms. The molecule has 1 unspecified atom stereocenters. The van der Waals surface area contributed by atoms with E-state index < -0.39 is 12.1 Å². The summed E-state index contributed by atoms with van der Waals surface area (Å²) in [4.78, 5) is 11.8. The number of aliphatic hydroxyl groups is 1. The summed E-state index contributed by atoms with van der Waals surface area (Å²) in [5.41, 5.74) is 6.82. The van der Waals surface area contributed by atoms with Crippen molar-refractivity contribution in [3.63, 3.8) is 0 Å². The number of carbonyl (C=O) groups excluding carboxylic acids is 1. The molecule has 0 aliphatic heterocycles. The van der Waals surface area contributed by atoms with Crippen molar-refractivity contribution in [2.45, 2.75) is 18.5 Å². The molecule has 0 saturated heterocycles. The molecule has 0 aliphatic carbocycles. The summed E-state index contributed by atoms with van der Waals surface area (Å²) in [5.74, 6) is -0.282. The van der Waals surface area contributed by atoms with Gasteiger partial charge in [-0.25, -0.2) is 0 Å². The highest BCUT2D eigenvalue weighted by atomic mass is 16.5. The van der Waals surface area contributed by atoms with Gasteiger partial charge in [0.1, 0.15) is 0 Å². The topological polar surface area (TPSA) is 84.6 Å². The predicted octanol–water partition coefficient (Wildman–Crippen LogP) is -0.320. The molecule has 0 bridgehead atoms. The number of aliphatic hydroxyl groups excluding tert-OH is 1. The van der Waals surface area contributed by atoms with Gasteiger partial charge in [0.05, 0.1) is 25.3 Å². The summed E-state index contributed by atoms with van der Waals surface area (Å²) in [7, 11) is 1.51. The van der Waals surface area contributed by atoms with Gasteiger partial charge in [-0.1, -0.05) is 30.3 Å². The molecule has 0 fully saturated rings. The van der Waals surface area contributed by atoms with Crippen molar-refractivity contribution in [1.82, 2.24) is 5.32 Å². The van der Waals surface area contributed by atoms with Gasteiger partial charge >= 0.3 is 0 Å². The summed E-state index contributed by atoms with van der Waals surface area (Å²) in [6.07, 6.45) is 0.470. The second-order valence-corrected chi connectivity index (χ2v) is 4.14. The normalized spacial score (nSPS) is 13.9. The van der Waals surface area contributed by atoms with Crippen LogP contribution in [0.2, 0.25) is 0 Å². The largest absolute Gasteiger partial charge is 0.394 e. The van der Waals surface area contributed by atoms with Crippen LogP contribution in [0.15, 0.2) is 30.3 Å². The van der Waals surface area contributed by atoms with E-state index in [2.05, 4.69) is 5.32 Å². The van der Waals surface area contributed by atoms with Gasteiger partial charge in [0.15, 0.2) is 0 Å². The van der Waals surface area contributed by atoms with Gasteiger partial charge in [-0.05, 0) is 12.0 Å². The molecule has 0 aromatic heterocycles. The van der Waals surface area contributed by atoms with Crippen molar-refractivity contribution < 1.29 is 14.6 Å². The molecule has 0 saturated carbocycles. The van der Waals surface area contributed by atoms with E-state index in [-0.39, 0.29) is 19.1 Å². The Hall–Kier alpha value is -1.43. The first-order valence-electron chi connectivity index (χ1n) is 5.87. The number of benzene rings is 1. The molecule has 0 aliphatic rings. The fourth-order valence-corrected chi connectivity index (χ4v) is 1.61. The van der Waals surface area contributed by atoms with Crippen LogP contribution < -0.4 is 11.1 Å². The Kier molecular flexibility index (Phi) is 6.35. The maximum absolute atomic E-state index is 11.8. The summed E-state index contributed by atoms with van der Waals surface area (Å²) < 4.78 is 4.88. The summed E-state index contributed by atoms with van der Waals surface area (Å²) in [6.45, 7) is 0.0952. The number of methoxy groups -OCH3 is 1. The maximum atomic E-state index is 11.8. The van der Waals surface area contributed by atoms with Gasteiger partial charge < -0.3 is 20.9 Å². The standard InChI is InChI=1S/C13H20N2O3/c1-18-9-11(8-16)15-13(17)12(14)7-10-5-3-2-4-6-10/h2-6,11-12,16H,7-9,14H2,1H3,(H,15,17)/t11?,12-/m1/s1. The average molecular weight is 252 g/mol. The van der Waals surface area contributed by atoms with E-state index in [9.17, 15) is 4.79 Å². The number of hydrogen-bond acceptors (Lipinski definition) is 4. The van der Waals surface area contributed by atoms with E-state index in [0.717, 1.165) is 5.56 Å². The second kappa shape index (κ2) is 7.81. The van der Waals surface area contributed by atoms with E-state index in [1.165, 1.54) is 7.11 Å². The first kappa shape index (κ1) is 14.6. The molecule has 5 nitrogen and oxygen atoms in total. The molecule has 1 aromatic carbocycles. The van der Waals surface area contributed by atoms with Crippen molar-refractivity contribution in [3.05, 3.63) is 35.9 Å². The fraction of sp³-hybridized carbons (Fsp3) is 0.462. The molecule has 1 rings (SSSR count). The summed E-state index contributed by atoms with van der Waals surface area (Å²) >= 11 is 0. The number of hydrogen-bond donors (Lipinski definition) is 3. The third-order valence-corrected chi connectivity index (χ3v) is 2.57. The Bertz CT molecular complexity index is 357. The second-order valence-electron chi connectivity index (χ2n) is 4.14. The third kappa shape index (κ3) is 4.83. The highest BCUT2D eigenvalue weighted by Crippen LogP contribution is 2.02. The summed E-state index contributed by atoms with van der Waals surface area (Å²) in [5, 5.41) is 11.7. The molecule has 18 heavy (non-hydrogen) atoms. The zero-order chi connectivity index (χ0) is 13.4. The molecule has 2 atom stereocenters. The lowest BCUT2D eigenvalue weighted by molar-refractivity contribution is -0.123. The monoisotopic (exact) mass is 252 g/mol. The van der Waals surface area contributed by atoms with Crippen LogP contribution in [-0.2, 0) is 16.0 Å². The maximum Gasteiger partial charge on any atom is 0.237 e. The van der Waals surface area contributed by atoms with Crippen molar-refractivity contribution in [2.24, 2.45) is 5.73 Å². The van der Waals surface area contributed by atoms with Crippen molar-refractivity contribution >= 4 is 5.91 Å². The molecule has 1 aromatic rings. The van der Waals surface area contributed by atoms with Crippen LogP contribution in [0.1, 0.15) is 5.56 Å². The number of nitrogens with two attached hydrogens (primary N) is 1. The van der Waals surface area contributed by atoms with E-state index in [1.54, 1.807) is 0 Å². The van der Waals surface area contributed by atoms with Gasteiger partial charge in [0.2, 0.25) is 5.91 Å². The minimum Gasteiger partial charge on any atom is -0.394 e. The quantitative estimate of drug-likeness (QED) is 0.621. The number of ether oxygens (including phenoxy) is 1. The number of rotatable bonds is 7. The average Bonchev–Trinajstić information content (AvgIpc) is 2.39. The molecule has 100 valence electrons. The third-order valence-electron chi connectivity index (χ3n) is 2.57. The Labute approximate surface area is 107 Å². The molecule has 0 radical (unpaired) electrons. The first-order chi connectivity index (χ1) is 8.67. The van der Waals surface area contributed by atoms with Crippen LogP contribution in [0.3, 0.4) is 0 Å². The van der Waals surface area contributed by atoms with Gasteiger partial charge in [-0.15, -0.1) is 0 Å². The lowest BCUT2D eigenvalue weighted by Crippen LogP contribution is -2.49. The van der Waals surface area contributed by atoms with Crippen LogP contribution in [-0.4, -0.2) is 43.4 Å². The van der Waals surface area contributed by atoms with E-state index >= 15 is 0 Å². The molecule has 4 N–H and O–H groups in total. The minimum absolute atomic E-state index is 0.169. The van der Waals surface area contributed by atoms with E-state index in [1.807, 2.05) is 30.3 Å². The van der Waals surface area contributed by atoms with Crippen LogP contribution in [0, 0.1) is 0 Å². The number of carbonyl (C=O) groups is 1. The zero-order valence-corrected chi connectivity index (χ0v) is 10.5. The number of nitrogens with one attached hydrogen (secondary N) is 1. The Balaban J connectivity index is 2.46. The van der Waals surface area contributed by atoms with Crippen LogP contribution >= 0.6 is 0 Å². The molecule has 0 spiro atoms. The molecular weight excluding hydrogens is 232 g/mol. The number of amides is 1. The van der Waals surface area contributed by atoms with Crippen LogP contribution in [0.4, 0.5) is 0 Å². The Morgan fingerprint density at radius 3 is 2.67 bits per heavy atom. The lowest BCUT2D eigenvalue weighted by Gasteiger charge is -2.18. The first-order valence-corrected chi connectivity index (χ1v) is 5.87. The van der Waals surface area contributed by atoms with Crippen molar-refractivity contribution in [3.8, 4) is 0 Å².